The van der Waals surface area contributed by atoms with Gasteiger partial charge < -0.3 is 20.3 Å². The number of aromatic amines is 1. The molecule has 0 saturated heterocycles. The summed E-state index contributed by atoms with van der Waals surface area (Å²) in [5.41, 5.74) is 8.28. The zero-order chi connectivity index (χ0) is 18.4. The fourth-order valence-corrected chi connectivity index (χ4v) is 3.04. The number of H-pyrrole nitrogens is 1. The number of fused-ring (bicyclic) bond motifs is 1. The molecule has 1 aliphatic rings. The van der Waals surface area contributed by atoms with Gasteiger partial charge in [0.15, 0.2) is 11.5 Å². The Balaban J connectivity index is 2.26. The van der Waals surface area contributed by atoms with Gasteiger partial charge in [-0.05, 0) is 17.7 Å². The van der Waals surface area contributed by atoms with Crippen LogP contribution in [0.3, 0.4) is 0 Å². The summed E-state index contributed by atoms with van der Waals surface area (Å²) in [5, 5.41) is 27.0. The Kier molecular flexibility index (Phi) is 3.84. The number of nitriles is 1. The number of hydrogen-bond donors (Lipinski definition) is 3. The molecule has 1 atom stereocenters. The average Bonchev–Trinajstić information content (AvgIpc) is 2.96. The number of rotatable bonds is 2. The van der Waals surface area contributed by atoms with Crippen molar-refractivity contribution in [3.8, 4) is 23.4 Å². The Labute approximate surface area is 145 Å². The van der Waals surface area contributed by atoms with Crippen LogP contribution in [0, 0.1) is 11.3 Å². The third kappa shape index (κ3) is 2.66. The molecule has 0 bridgehead atoms. The van der Waals surface area contributed by atoms with Crippen molar-refractivity contribution in [3.63, 3.8) is 0 Å². The van der Waals surface area contributed by atoms with Gasteiger partial charge in [0.2, 0.25) is 11.8 Å². The standard InChI is InChI=1S/C18H20N4O3/c1-18(2,3)15-14-13(9-5-6-12(24-4)11(23)7-9)10(8-19)16(20)25-17(14)22-21-15/h5-7,13,23H,20H2,1-4H3,(H,21,22)/t13-/m1/s1. The minimum atomic E-state index is -0.487. The number of phenolic OH excluding ortho intramolecular Hbond substituents is 1. The molecule has 2 aromatic rings. The lowest BCUT2D eigenvalue weighted by molar-refractivity contribution is 0.371. The van der Waals surface area contributed by atoms with Crippen molar-refractivity contribution >= 4 is 0 Å². The second kappa shape index (κ2) is 5.74. The summed E-state index contributed by atoms with van der Waals surface area (Å²) in [7, 11) is 1.48. The first kappa shape index (κ1) is 16.7. The zero-order valence-corrected chi connectivity index (χ0v) is 14.5. The largest absolute Gasteiger partial charge is 0.504 e. The van der Waals surface area contributed by atoms with Gasteiger partial charge in [0.25, 0.3) is 0 Å². The summed E-state index contributed by atoms with van der Waals surface area (Å²) >= 11 is 0. The van der Waals surface area contributed by atoms with Gasteiger partial charge in [0.1, 0.15) is 11.6 Å². The average molecular weight is 340 g/mol. The molecule has 2 heterocycles. The molecule has 0 spiro atoms. The van der Waals surface area contributed by atoms with Crippen molar-refractivity contribution in [3.05, 3.63) is 46.5 Å². The van der Waals surface area contributed by atoms with Crippen molar-refractivity contribution in [2.45, 2.75) is 32.1 Å². The number of aromatic hydroxyl groups is 1. The number of benzene rings is 1. The van der Waals surface area contributed by atoms with Crippen LogP contribution in [0.2, 0.25) is 0 Å². The molecule has 0 saturated carbocycles. The van der Waals surface area contributed by atoms with Gasteiger partial charge in [-0.1, -0.05) is 26.8 Å². The van der Waals surface area contributed by atoms with Crippen LogP contribution in [0.15, 0.2) is 29.7 Å². The number of allylic oxidation sites excluding steroid dienone is 1. The van der Waals surface area contributed by atoms with Crippen molar-refractivity contribution in [2.24, 2.45) is 5.73 Å². The molecule has 0 aliphatic carbocycles. The molecule has 1 aliphatic heterocycles. The van der Waals surface area contributed by atoms with E-state index in [4.69, 9.17) is 15.2 Å². The SMILES string of the molecule is COc1ccc([C@@H]2C(C#N)=C(N)Oc3n[nH]c(C(C)(C)C)c32)cc1O. The van der Waals surface area contributed by atoms with E-state index >= 15 is 0 Å². The highest BCUT2D eigenvalue weighted by Crippen LogP contribution is 2.46. The molecule has 0 amide bonds. The topological polar surface area (TPSA) is 117 Å². The quantitative estimate of drug-likeness (QED) is 0.773. The number of phenols is 1. The van der Waals surface area contributed by atoms with Gasteiger partial charge in [-0.2, -0.15) is 5.26 Å². The fraction of sp³-hybridized carbons (Fsp3) is 0.333. The van der Waals surface area contributed by atoms with E-state index in [0.717, 1.165) is 11.3 Å². The first-order valence-corrected chi connectivity index (χ1v) is 7.81. The molecule has 3 rings (SSSR count). The van der Waals surface area contributed by atoms with Gasteiger partial charge in [0, 0.05) is 11.1 Å². The monoisotopic (exact) mass is 340 g/mol. The Morgan fingerprint density at radius 2 is 2.12 bits per heavy atom. The number of ether oxygens (including phenoxy) is 2. The molecule has 7 heteroatoms. The van der Waals surface area contributed by atoms with Gasteiger partial charge in [-0.3, -0.25) is 5.10 Å². The van der Waals surface area contributed by atoms with E-state index in [1.807, 2.05) is 20.8 Å². The first-order valence-electron chi connectivity index (χ1n) is 7.81. The normalized spacial score (nSPS) is 16.8. The van der Waals surface area contributed by atoms with E-state index in [1.54, 1.807) is 18.2 Å². The molecule has 0 fully saturated rings. The van der Waals surface area contributed by atoms with E-state index in [-0.39, 0.29) is 22.6 Å². The number of nitrogens with two attached hydrogens (primary N) is 1. The van der Waals surface area contributed by atoms with E-state index in [9.17, 15) is 10.4 Å². The Hall–Kier alpha value is -3.14. The van der Waals surface area contributed by atoms with Gasteiger partial charge in [-0.15, -0.1) is 5.10 Å². The lowest BCUT2D eigenvalue weighted by atomic mass is 9.79. The second-order valence-electron chi connectivity index (χ2n) is 6.92. The maximum atomic E-state index is 10.2. The molecule has 1 aromatic carbocycles. The van der Waals surface area contributed by atoms with E-state index in [2.05, 4.69) is 16.3 Å². The molecule has 7 nitrogen and oxygen atoms in total. The van der Waals surface area contributed by atoms with Crippen LogP contribution in [-0.4, -0.2) is 22.4 Å². The highest BCUT2D eigenvalue weighted by Gasteiger charge is 2.38. The summed E-state index contributed by atoms with van der Waals surface area (Å²) in [6.07, 6.45) is 0. The maximum Gasteiger partial charge on any atom is 0.244 e. The summed E-state index contributed by atoms with van der Waals surface area (Å²) in [6.45, 7) is 6.12. The number of aromatic nitrogens is 2. The number of methoxy groups -OCH3 is 1. The number of nitrogens with zero attached hydrogens (tertiary/aromatic N) is 2. The smallest absolute Gasteiger partial charge is 0.244 e. The predicted molar refractivity (Wildman–Crippen MR) is 91.2 cm³/mol. The van der Waals surface area contributed by atoms with Crippen LogP contribution < -0.4 is 15.2 Å². The molecule has 130 valence electrons. The molecule has 0 unspecified atom stereocenters. The van der Waals surface area contributed by atoms with Crippen LogP contribution in [0.4, 0.5) is 0 Å². The van der Waals surface area contributed by atoms with Gasteiger partial charge in [0.05, 0.1) is 18.6 Å². The Morgan fingerprint density at radius 3 is 2.68 bits per heavy atom. The third-order valence-corrected chi connectivity index (χ3v) is 4.23. The Morgan fingerprint density at radius 1 is 1.40 bits per heavy atom. The molecule has 0 radical (unpaired) electrons. The van der Waals surface area contributed by atoms with Crippen molar-refractivity contribution in [1.82, 2.24) is 10.2 Å². The van der Waals surface area contributed by atoms with Gasteiger partial charge in [-0.25, -0.2) is 0 Å². The van der Waals surface area contributed by atoms with Crippen LogP contribution in [-0.2, 0) is 5.41 Å². The van der Waals surface area contributed by atoms with Crippen molar-refractivity contribution in [2.75, 3.05) is 7.11 Å². The van der Waals surface area contributed by atoms with Crippen LogP contribution in [0.5, 0.6) is 17.4 Å². The number of nitrogens with one attached hydrogen (secondary N) is 1. The molecular weight excluding hydrogens is 320 g/mol. The molecule has 25 heavy (non-hydrogen) atoms. The summed E-state index contributed by atoms with van der Waals surface area (Å²) in [6, 6.07) is 7.16. The summed E-state index contributed by atoms with van der Waals surface area (Å²) in [5.74, 6) is 0.224. The van der Waals surface area contributed by atoms with Crippen LogP contribution in [0.25, 0.3) is 0 Å². The van der Waals surface area contributed by atoms with Crippen molar-refractivity contribution < 1.29 is 14.6 Å². The summed E-state index contributed by atoms with van der Waals surface area (Å²) in [4.78, 5) is 0. The third-order valence-electron chi connectivity index (χ3n) is 4.23. The maximum absolute atomic E-state index is 10.2. The first-order chi connectivity index (χ1) is 11.8. The molecule has 4 N–H and O–H groups in total. The lowest BCUT2D eigenvalue weighted by Gasteiger charge is -2.27. The molecule has 1 aromatic heterocycles. The second-order valence-corrected chi connectivity index (χ2v) is 6.92. The van der Waals surface area contributed by atoms with Gasteiger partial charge >= 0.3 is 0 Å². The van der Waals surface area contributed by atoms with Crippen LogP contribution >= 0.6 is 0 Å². The minimum absolute atomic E-state index is 0.00953. The minimum Gasteiger partial charge on any atom is -0.504 e. The van der Waals surface area contributed by atoms with Crippen molar-refractivity contribution in [1.29, 1.82) is 5.26 Å². The lowest BCUT2D eigenvalue weighted by Crippen LogP contribution is -2.23. The fourth-order valence-electron chi connectivity index (χ4n) is 3.04. The molecular formula is C18H20N4O3. The van der Waals surface area contributed by atoms with E-state index < -0.39 is 5.92 Å². The summed E-state index contributed by atoms with van der Waals surface area (Å²) < 4.78 is 10.6. The highest BCUT2D eigenvalue weighted by atomic mass is 16.5. The predicted octanol–water partition coefficient (Wildman–Crippen LogP) is 2.64. The van der Waals surface area contributed by atoms with E-state index in [0.29, 0.717) is 17.2 Å². The highest BCUT2D eigenvalue weighted by molar-refractivity contribution is 5.58. The van der Waals surface area contributed by atoms with E-state index in [1.165, 1.54) is 7.11 Å². The Bertz CT molecular complexity index is 900. The number of hydrogen-bond acceptors (Lipinski definition) is 6. The zero-order valence-electron chi connectivity index (χ0n) is 14.5. The van der Waals surface area contributed by atoms with Crippen LogP contribution in [0.1, 0.15) is 43.5 Å².